The molecule has 4 N–H and O–H groups in total. The van der Waals surface area contributed by atoms with Crippen LogP contribution in [-0.4, -0.2) is 40.3 Å². The molecule has 104 valence electrons. The van der Waals surface area contributed by atoms with Crippen LogP contribution >= 0.6 is 0 Å². The lowest BCUT2D eigenvalue weighted by Gasteiger charge is -2.22. The largest absolute Gasteiger partial charge is 0.409 e. The van der Waals surface area contributed by atoms with Crippen molar-refractivity contribution < 1.29 is 10.3 Å². The smallest absolute Gasteiger partial charge is 0.174 e. The maximum absolute atomic E-state index is 9.66. The Morgan fingerprint density at radius 3 is 2.95 bits per heavy atom. The van der Waals surface area contributed by atoms with Crippen molar-refractivity contribution in [2.45, 2.75) is 26.4 Å². The first-order chi connectivity index (χ1) is 9.04. The SMILES string of the molecule is Cc1ccnc(N2CCC(C(C)O)C2)c1/C(N)=N/O. The van der Waals surface area contributed by atoms with E-state index in [1.165, 1.54) is 0 Å². The van der Waals surface area contributed by atoms with Crippen LogP contribution in [0.25, 0.3) is 0 Å². The average Bonchev–Trinajstić information content (AvgIpc) is 2.87. The number of amidine groups is 1. The van der Waals surface area contributed by atoms with Gasteiger partial charge in [0, 0.05) is 25.2 Å². The molecule has 2 unspecified atom stereocenters. The van der Waals surface area contributed by atoms with E-state index in [0.717, 1.165) is 30.9 Å². The lowest BCUT2D eigenvalue weighted by molar-refractivity contribution is 0.136. The first-order valence-corrected chi connectivity index (χ1v) is 6.41. The standard InChI is InChI=1S/C13H20N4O2/c1-8-3-5-15-13(11(8)12(14)16-19)17-6-4-10(7-17)9(2)18/h3,5,9-10,18-19H,4,6-7H2,1-2H3,(H2,14,16). The minimum absolute atomic E-state index is 0.0705. The van der Waals surface area contributed by atoms with Crippen molar-refractivity contribution in [2.75, 3.05) is 18.0 Å². The fourth-order valence-corrected chi connectivity index (χ4v) is 2.52. The lowest BCUT2D eigenvalue weighted by atomic mass is 10.0. The third-order valence-corrected chi connectivity index (χ3v) is 3.71. The molecule has 0 aromatic carbocycles. The lowest BCUT2D eigenvalue weighted by Crippen LogP contribution is -2.28. The molecular formula is C13H20N4O2. The van der Waals surface area contributed by atoms with Crippen LogP contribution in [0, 0.1) is 12.8 Å². The second-order valence-corrected chi connectivity index (χ2v) is 5.05. The first-order valence-electron chi connectivity index (χ1n) is 6.41. The Balaban J connectivity index is 2.33. The van der Waals surface area contributed by atoms with Gasteiger partial charge in [-0.25, -0.2) is 4.98 Å². The number of aromatic nitrogens is 1. The van der Waals surface area contributed by atoms with E-state index in [1.54, 1.807) is 6.20 Å². The van der Waals surface area contributed by atoms with E-state index in [9.17, 15) is 5.11 Å². The van der Waals surface area contributed by atoms with Gasteiger partial charge in [-0.1, -0.05) is 5.16 Å². The first kappa shape index (κ1) is 13.6. The Hall–Kier alpha value is -1.82. The van der Waals surface area contributed by atoms with E-state index in [1.807, 2.05) is 19.9 Å². The summed E-state index contributed by atoms with van der Waals surface area (Å²) in [6, 6.07) is 1.83. The summed E-state index contributed by atoms with van der Waals surface area (Å²) < 4.78 is 0. The number of hydrogen-bond donors (Lipinski definition) is 3. The Kier molecular flexibility index (Phi) is 3.90. The molecule has 0 bridgehead atoms. The van der Waals surface area contributed by atoms with E-state index in [0.29, 0.717) is 5.56 Å². The minimum atomic E-state index is -0.331. The van der Waals surface area contributed by atoms with Crippen molar-refractivity contribution in [2.24, 2.45) is 16.8 Å². The summed E-state index contributed by atoms with van der Waals surface area (Å²) in [5, 5.41) is 21.6. The molecule has 2 heterocycles. The number of oxime groups is 1. The second-order valence-electron chi connectivity index (χ2n) is 5.05. The maximum Gasteiger partial charge on any atom is 0.174 e. The number of pyridine rings is 1. The van der Waals surface area contributed by atoms with Gasteiger partial charge in [-0.3, -0.25) is 0 Å². The molecule has 6 nitrogen and oxygen atoms in total. The normalized spacial score (nSPS) is 21.7. The summed E-state index contributed by atoms with van der Waals surface area (Å²) in [6.45, 7) is 5.26. The summed E-state index contributed by atoms with van der Waals surface area (Å²) in [5.74, 6) is 1.03. The fraction of sp³-hybridized carbons (Fsp3) is 0.538. The zero-order valence-corrected chi connectivity index (χ0v) is 11.2. The summed E-state index contributed by atoms with van der Waals surface area (Å²) in [4.78, 5) is 6.44. The highest BCUT2D eigenvalue weighted by Crippen LogP contribution is 2.28. The van der Waals surface area contributed by atoms with E-state index in [4.69, 9.17) is 10.9 Å². The Morgan fingerprint density at radius 1 is 1.63 bits per heavy atom. The van der Waals surface area contributed by atoms with E-state index in [2.05, 4.69) is 15.0 Å². The highest BCUT2D eigenvalue weighted by Gasteiger charge is 2.29. The van der Waals surface area contributed by atoms with Crippen molar-refractivity contribution in [1.29, 1.82) is 0 Å². The Bertz CT molecular complexity index is 488. The van der Waals surface area contributed by atoms with Crippen LogP contribution < -0.4 is 10.6 Å². The fourth-order valence-electron chi connectivity index (χ4n) is 2.52. The number of nitrogens with two attached hydrogens (primary N) is 1. The van der Waals surface area contributed by atoms with E-state index >= 15 is 0 Å². The van der Waals surface area contributed by atoms with Gasteiger partial charge in [0.1, 0.15) is 5.82 Å². The van der Waals surface area contributed by atoms with Gasteiger partial charge in [0.25, 0.3) is 0 Å². The second kappa shape index (κ2) is 5.44. The number of nitrogens with zero attached hydrogens (tertiary/aromatic N) is 3. The van der Waals surface area contributed by atoms with Crippen molar-refractivity contribution in [3.8, 4) is 0 Å². The molecular weight excluding hydrogens is 244 g/mol. The average molecular weight is 264 g/mol. The number of aliphatic hydroxyl groups is 1. The Labute approximate surface area is 112 Å². The molecule has 19 heavy (non-hydrogen) atoms. The molecule has 6 heteroatoms. The third-order valence-electron chi connectivity index (χ3n) is 3.71. The van der Waals surface area contributed by atoms with Crippen LogP contribution in [0.5, 0.6) is 0 Å². The molecule has 1 saturated heterocycles. The predicted octanol–water partition coefficient (Wildman–Crippen LogP) is 0.692. The molecule has 2 atom stereocenters. The number of aryl methyl sites for hydroxylation is 1. The molecule has 1 aliphatic rings. The highest BCUT2D eigenvalue weighted by atomic mass is 16.4. The van der Waals surface area contributed by atoms with Gasteiger partial charge in [-0.15, -0.1) is 0 Å². The molecule has 1 aromatic rings. The Morgan fingerprint density at radius 2 is 2.37 bits per heavy atom. The third kappa shape index (κ3) is 2.63. The van der Waals surface area contributed by atoms with E-state index in [-0.39, 0.29) is 17.9 Å². The number of anilines is 1. The topological polar surface area (TPSA) is 95.0 Å². The molecule has 0 amide bonds. The number of aliphatic hydroxyl groups excluding tert-OH is 1. The summed E-state index contributed by atoms with van der Waals surface area (Å²) in [6.07, 6.45) is 2.30. The van der Waals surface area contributed by atoms with Crippen LogP contribution in [-0.2, 0) is 0 Å². The summed E-state index contributed by atoms with van der Waals surface area (Å²) in [7, 11) is 0. The van der Waals surface area contributed by atoms with Crippen molar-refractivity contribution in [1.82, 2.24) is 4.98 Å². The van der Waals surface area contributed by atoms with Crippen molar-refractivity contribution in [3.63, 3.8) is 0 Å². The zero-order valence-electron chi connectivity index (χ0n) is 11.2. The molecule has 0 spiro atoms. The van der Waals surface area contributed by atoms with Crippen molar-refractivity contribution >= 4 is 11.7 Å². The van der Waals surface area contributed by atoms with Gasteiger partial charge in [0.15, 0.2) is 5.84 Å². The number of rotatable bonds is 3. The molecule has 0 aliphatic carbocycles. The monoisotopic (exact) mass is 264 g/mol. The molecule has 0 radical (unpaired) electrons. The molecule has 0 saturated carbocycles. The molecule has 1 aliphatic heterocycles. The van der Waals surface area contributed by atoms with Gasteiger partial charge in [-0.2, -0.15) is 0 Å². The minimum Gasteiger partial charge on any atom is -0.409 e. The van der Waals surface area contributed by atoms with Crippen LogP contribution in [0.2, 0.25) is 0 Å². The van der Waals surface area contributed by atoms with Gasteiger partial charge >= 0.3 is 0 Å². The highest BCUT2D eigenvalue weighted by molar-refractivity contribution is 6.02. The van der Waals surface area contributed by atoms with Crippen LogP contribution in [0.3, 0.4) is 0 Å². The molecule has 1 fully saturated rings. The predicted molar refractivity (Wildman–Crippen MR) is 73.5 cm³/mol. The van der Waals surface area contributed by atoms with Crippen LogP contribution in [0.1, 0.15) is 24.5 Å². The number of hydrogen-bond acceptors (Lipinski definition) is 5. The van der Waals surface area contributed by atoms with Gasteiger partial charge in [0.05, 0.1) is 11.7 Å². The van der Waals surface area contributed by atoms with Crippen LogP contribution in [0.15, 0.2) is 17.4 Å². The maximum atomic E-state index is 9.66. The van der Waals surface area contributed by atoms with Gasteiger partial charge < -0.3 is 20.9 Å². The van der Waals surface area contributed by atoms with E-state index < -0.39 is 0 Å². The summed E-state index contributed by atoms with van der Waals surface area (Å²) >= 11 is 0. The molecule has 1 aromatic heterocycles. The molecule has 2 rings (SSSR count). The quantitative estimate of drug-likeness (QED) is 0.323. The van der Waals surface area contributed by atoms with Crippen molar-refractivity contribution in [3.05, 3.63) is 23.4 Å². The van der Waals surface area contributed by atoms with Gasteiger partial charge in [0.2, 0.25) is 0 Å². The van der Waals surface area contributed by atoms with Crippen LogP contribution in [0.4, 0.5) is 5.82 Å². The zero-order chi connectivity index (χ0) is 14.0. The summed E-state index contributed by atoms with van der Waals surface area (Å²) in [5.41, 5.74) is 7.32. The van der Waals surface area contributed by atoms with Gasteiger partial charge in [-0.05, 0) is 31.9 Å².